The summed E-state index contributed by atoms with van der Waals surface area (Å²) in [6.07, 6.45) is -12.4. The number of nitrogens with one attached hydrogen (secondary N) is 4. The summed E-state index contributed by atoms with van der Waals surface area (Å²) in [6.45, 7) is 2.62. The molecule has 0 aliphatic carbocycles. The molecule has 0 unspecified atom stereocenters. The van der Waals surface area contributed by atoms with Crippen molar-refractivity contribution in [3.05, 3.63) is 0 Å². The molecular weight excluding hydrogens is 686 g/mol. The lowest BCUT2D eigenvalue weighted by molar-refractivity contribution is -0.292. The molecule has 2 aliphatic rings. The van der Waals surface area contributed by atoms with Gasteiger partial charge in [0.25, 0.3) is 0 Å². The van der Waals surface area contributed by atoms with E-state index < -0.39 is 79.1 Å². The van der Waals surface area contributed by atoms with Crippen LogP contribution in [0.4, 0.5) is 0 Å². The molecule has 2 fully saturated rings. The second-order valence-corrected chi connectivity index (χ2v) is 11.9. The van der Waals surface area contributed by atoms with E-state index in [1.807, 2.05) is 0 Å². The van der Waals surface area contributed by atoms with Crippen molar-refractivity contribution in [2.24, 2.45) is 0 Å². The molecule has 0 aromatic heterocycles. The van der Waals surface area contributed by atoms with Crippen LogP contribution >= 0.6 is 0 Å². The number of rotatable bonds is 23. The lowest BCUT2D eigenvalue weighted by Crippen LogP contribution is -2.57. The van der Waals surface area contributed by atoms with E-state index in [1.165, 1.54) is 25.8 Å². The Balaban J connectivity index is 1.79. The van der Waals surface area contributed by atoms with E-state index in [9.17, 15) is 49.8 Å². The molecule has 2 rings (SSSR count). The van der Waals surface area contributed by atoms with Gasteiger partial charge < -0.3 is 80.3 Å². The fourth-order valence-corrected chi connectivity index (χ4v) is 4.85. The van der Waals surface area contributed by atoms with E-state index in [0.717, 1.165) is 0 Å². The van der Waals surface area contributed by atoms with Crippen molar-refractivity contribution < 1.29 is 78.2 Å². The Hall–Kier alpha value is -2.64. The second kappa shape index (κ2) is 23.8. The average molecular weight is 742 g/mol. The molecule has 0 aromatic rings. The SMILES string of the molecule is CNC(=O)CCOCCOCCNC(=O)CN(CC(=O)NCCO[C@@H]1O[C@@H](C)[C@@H](O)[C@@H](O)[C@@H]1O)CC(=O)NCCO[C@@H]1O[C@@H](C)[C@@H](O)[C@@H](O)[C@@H]1O. The molecule has 0 radical (unpaired) electrons. The van der Waals surface area contributed by atoms with Gasteiger partial charge in [0.1, 0.15) is 36.6 Å². The van der Waals surface area contributed by atoms with Gasteiger partial charge in [-0.3, -0.25) is 24.1 Å². The zero-order valence-corrected chi connectivity index (χ0v) is 29.2. The Labute approximate surface area is 295 Å². The van der Waals surface area contributed by atoms with Crippen molar-refractivity contribution in [3.63, 3.8) is 0 Å². The molecule has 4 amide bonds. The third kappa shape index (κ3) is 16.3. The maximum atomic E-state index is 12.7. The summed E-state index contributed by atoms with van der Waals surface area (Å²) in [7, 11) is 1.53. The number of ether oxygens (including phenoxy) is 6. The number of aliphatic hydroxyl groups is 6. The van der Waals surface area contributed by atoms with Gasteiger partial charge in [-0.15, -0.1) is 0 Å². The predicted octanol–water partition coefficient (Wildman–Crippen LogP) is -6.51. The third-order valence-electron chi connectivity index (χ3n) is 7.82. The largest absolute Gasteiger partial charge is 0.388 e. The van der Waals surface area contributed by atoms with Crippen LogP contribution in [0.5, 0.6) is 0 Å². The van der Waals surface area contributed by atoms with Crippen LogP contribution in [0.25, 0.3) is 0 Å². The van der Waals surface area contributed by atoms with Gasteiger partial charge in [0.05, 0.1) is 71.5 Å². The first-order valence-electron chi connectivity index (χ1n) is 16.8. The zero-order chi connectivity index (χ0) is 37.9. The van der Waals surface area contributed by atoms with Gasteiger partial charge in [-0.2, -0.15) is 0 Å². The van der Waals surface area contributed by atoms with Gasteiger partial charge in [-0.25, -0.2) is 0 Å². The van der Waals surface area contributed by atoms with Gasteiger partial charge in [0.15, 0.2) is 12.6 Å². The van der Waals surface area contributed by atoms with Crippen molar-refractivity contribution in [1.29, 1.82) is 0 Å². The summed E-state index contributed by atoms with van der Waals surface area (Å²) in [5, 5.41) is 69.8. The molecule has 2 heterocycles. The first kappa shape index (κ1) is 44.5. The number of carbonyl (C=O) groups is 4. The fourth-order valence-electron chi connectivity index (χ4n) is 4.85. The number of carbonyl (C=O) groups excluding carboxylic acids is 4. The van der Waals surface area contributed by atoms with Crippen molar-refractivity contribution in [3.8, 4) is 0 Å². The van der Waals surface area contributed by atoms with Gasteiger partial charge in [0, 0.05) is 33.1 Å². The number of hydrogen-bond donors (Lipinski definition) is 10. The monoisotopic (exact) mass is 741 g/mol. The number of nitrogens with zero attached hydrogens (tertiary/aromatic N) is 1. The number of amides is 4. The lowest BCUT2D eigenvalue weighted by atomic mass is 10.0. The zero-order valence-electron chi connectivity index (χ0n) is 29.2. The smallest absolute Gasteiger partial charge is 0.234 e. The Morgan fingerprint density at radius 1 is 0.549 bits per heavy atom. The van der Waals surface area contributed by atoms with Crippen LogP contribution < -0.4 is 21.3 Å². The molecule has 21 heteroatoms. The molecule has 51 heavy (non-hydrogen) atoms. The molecule has 0 aromatic carbocycles. The van der Waals surface area contributed by atoms with Gasteiger partial charge in [-0.1, -0.05) is 0 Å². The normalized spacial score (nSPS) is 29.4. The molecule has 10 atom stereocenters. The molecule has 2 aliphatic heterocycles. The minimum atomic E-state index is -1.51. The van der Waals surface area contributed by atoms with Gasteiger partial charge in [0.2, 0.25) is 23.6 Å². The highest BCUT2D eigenvalue weighted by Gasteiger charge is 2.43. The van der Waals surface area contributed by atoms with Crippen molar-refractivity contribution in [2.45, 2.75) is 81.7 Å². The first-order chi connectivity index (χ1) is 24.2. The summed E-state index contributed by atoms with van der Waals surface area (Å²) in [6, 6.07) is 0. The molecule has 0 saturated carbocycles. The highest BCUT2D eigenvalue weighted by molar-refractivity contribution is 5.84. The molecule has 296 valence electrons. The van der Waals surface area contributed by atoms with Crippen molar-refractivity contribution in [2.75, 3.05) is 86.0 Å². The van der Waals surface area contributed by atoms with E-state index in [4.69, 9.17) is 28.4 Å². The molecule has 0 spiro atoms. The lowest BCUT2D eigenvalue weighted by Gasteiger charge is -2.38. The van der Waals surface area contributed by atoms with E-state index in [2.05, 4.69) is 21.3 Å². The van der Waals surface area contributed by atoms with Gasteiger partial charge in [-0.05, 0) is 13.8 Å². The highest BCUT2D eigenvalue weighted by atomic mass is 16.7. The summed E-state index contributed by atoms with van der Waals surface area (Å²) in [5.41, 5.74) is 0. The number of aliphatic hydroxyl groups excluding tert-OH is 6. The Bertz CT molecular complexity index is 1010. The van der Waals surface area contributed by atoms with Crippen LogP contribution in [-0.4, -0.2) is 207 Å². The van der Waals surface area contributed by atoms with E-state index in [0.29, 0.717) is 0 Å². The Kier molecular flexibility index (Phi) is 20.8. The van der Waals surface area contributed by atoms with Crippen LogP contribution in [-0.2, 0) is 47.6 Å². The van der Waals surface area contributed by atoms with Crippen LogP contribution in [0.1, 0.15) is 20.3 Å². The standard InChI is InChI=1S/C30H55N5O16/c1-17-23(40)25(42)27(44)29(50-17)48-10-6-33-21(38)15-35(14-20(37)32-5-9-47-13-12-46-8-4-19(36)31-3)16-22(39)34-7-11-49-30-28(45)26(43)24(41)18(2)51-30/h17-18,23-30,40-45H,4-16H2,1-3H3,(H,31,36)(H,32,37)(H,33,38)(H,34,39)/t17-,18-,23+,24+,25+,26+,27-,28-,29+,30+/m0/s1. The predicted molar refractivity (Wildman–Crippen MR) is 172 cm³/mol. The molecule has 10 N–H and O–H groups in total. The summed E-state index contributed by atoms with van der Waals surface area (Å²) >= 11 is 0. The fraction of sp³-hybridized carbons (Fsp3) is 0.867. The number of hydrogen-bond acceptors (Lipinski definition) is 17. The molecule has 2 saturated heterocycles. The van der Waals surface area contributed by atoms with Crippen molar-refractivity contribution >= 4 is 23.6 Å². The Morgan fingerprint density at radius 3 is 1.35 bits per heavy atom. The molecule has 0 bridgehead atoms. The summed E-state index contributed by atoms with van der Waals surface area (Å²) in [4.78, 5) is 50.5. The minimum Gasteiger partial charge on any atom is -0.388 e. The van der Waals surface area contributed by atoms with E-state index in [-0.39, 0.29) is 91.2 Å². The topological polar surface area (TPSA) is 296 Å². The van der Waals surface area contributed by atoms with Crippen molar-refractivity contribution in [1.82, 2.24) is 26.2 Å². The quantitative estimate of drug-likeness (QED) is 0.0436. The van der Waals surface area contributed by atoms with Gasteiger partial charge >= 0.3 is 0 Å². The molecular formula is C30H55N5O16. The average Bonchev–Trinajstić information content (AvgIpc) is 3.09. The summed E-state index contributed by atoms with van der Waals surface area (Å²) in [5.74, 6) is -1.76. The van der Waals surface area contributed by atoms with Crippen LogP contribution in [0.2, 0.25) is 0 Å². The van der Waals surface area contributed by atoms with E-state index in [1.54, 1.807) is 0 Å². The second-order valence-electron chi connectivity index (χ2n) is 11.9. The van der Waals surface area contributed by atoms with Crippen LogP contribution in [0, 0.1) is 0 Å². The third-order valence-corrected chi connectivity index (χ3v) is 7.82. The van der Waals surface area contributed by atoms with Crippen LogP contribution in [0.15, 0.2) is 0 Å². The maximum absolute atomic E-state index is 12.7. The Morgan fingerprint density at radius 2 is 0.941 bits per heavy atom. The van der Waals surface area contributed by atoms with E-state index >= 15 is 0 Å². The van der Waals surface area contributed by atoms with Crippen LogP contribution in [0.3, 0.4) is 0 Å². The minimum absolute atomic E-state index is 0.0473. The highest BCUT2D eigenvalue weighted by Crippen LogP contribution is 2.22. The summed E-state index contributed by atoms with van der Waals surface area (Å²) < 4.78 is 32.2. The first-order valence-corrected chi connectivity index (χ1v) is 16.8. The molecule has 21 nitrogen and oxygen atoms in total. The maximum Gasteiger partial charge on any atom is 0.234 e.